The monoisotopic (exact) mass is 351 g/mol. The number of nitrogens with one attached hydrogen (secondary N) is 1. The number of aromatic nitrogens is 2. The highest BCUT2D eigenvalue weighted by atomic mass is 79.9. The molecule has 0 aliphatic heterocycles. The minimum Gasteiger partial charge on any atom is -0.493 e. The zero-order valence-electron chi connectivity index (χ0n) is 11.9. The normalized spacial score (nSPS) is 15.3. The standard InChI is InChI=1S/C15H18BrN3O2/c1-20-13-7-9(16)6-11(12-8-18-19-15(12)17)14(13)21-10-4-2-3-5-10/h6-8,10H,2-5H2,1H3,(H3,17,18,19). The van der Waals surface area contributed by atoms with Gasteiger partial charge in [-0.15, -0.1) is 0 Å². The van der Waals surface area contributed by atoms with Gasteiger partial charge in [-0.25, -0.2) is 0 Å². The van der Waals surface area contributed by atoms with Crippen LogP contribution >= 0.6 is 15.9 Å². The Labute approximate surface area is 132 Å². The minimum atomic E-state index is 0.243. The average molecular weight is 352 g/mol. The Morgan fingerprint density at radius 1 is 1.29 bits per heavy atom. The molecule has 1 heterocycles. The highest BCUT2D eigenvalue weighted by molar-refractivity contribution is 9.10. The van der Waals surface area contributed by atoms with Crippen molar-refractivity contribution < 1.29 is 9.47 Å². The fourth-order valence-corrected chi connectivity index (χ4v) is 3.16. The van der Waals surface area contributed by atoms with Crippen LogP contribution in [0.25, 0.3) is 11.1 Å². The van der Waals surface area contributed by atoms with Crippen molar-refractivity contribution in [3.63, 3.8) is 0 Å². The van der Waals surface area contributed by atoms with Crippen molar-refractivity contribution in [3.05, 3.63) is 22.8 Å². The van der Waals surface area contributed by atoms with Crippen molar-refractivity contribution >= 4 is 21.7 Å². The van der Waals surface area contributed by atoms with E-state index in [0.717, 1.165) is 34.2 Å². The van der Waals surface area contributed by atoms with Gasteiger partial charge in [0.05, 0.1) is 19.4 Å². The summed E-state index contributed by atoms with van der Waals surface area (Å²) in [4.78, 5) is 0. The molecule has 5 nitrogen and oxygen atoms in total. The molecule has 1 aromatic carbocycles. The molecule has 112 valence electrons. The number of methoxy groups -OCH3 is 1. The molecular formula is C15H18BrN3O2. The molecule has 0 radical (unpaired) electrons. The van der Waals surface area contributed by atoms with Gasteiger partial charge in [0.15, 0.2) is 11.5 Å². The predicted molar refractivity (Wildman–Crippen MR) is 85.6 cm³/mol. The van der Waals surface area contributed by atoms with Gasteiger partial charge in [-0.05, 0) is 37.8 Å². The van der Waals surface area contributed by atoms with Gasteiger partial charge >= 0.3 is 0 Å². The van der Waals surface area contributed by atoms with Gasteiger partial charge in [0, 0.05) is 15.6 Å². The van der Waals surface area contributed by atoms with Crippen LogP contribution in [0.4, 0.5) is 5.82 Å². The summed E-state index contributed by atoms with van der Waals surface area (Å²) in [7, 11) is 1.64. The van der Waals surface area contributed by atoms with Gasteiger partial charge in [-0.3, -0.25) is 5.10 Å². The minimum absolute atomic E-state index is 0.243. The molecule has 0 bridgehead atoms. The topological polar surface area (TPSA) is 73.2 Å². The number of benzene rings is 1. The number of rotatable bonds is 4. The summed E-state index contributed by atoms with van der Waals surface area (Å²) in [5.74, 6) is 1.96. The van der Waals surface area contributed by atoms with Crippen molar-refractivity contribution in [2.24, 2.45) is 0 Å². The van der Waals surface area contributed by atoms with E-state index >= 15 is 0 Å². The lowest BCUT2D eigenvalue weighted by molar-refractivity contribution is 0.202. The van der Waals surface area contributed by atoms with Crippen molar-refractivity contribution in [1.29, 1.82) is 0 Å². The van der Waals surface area contributed by atoms with Gasteiger partial charge in [0.1, 0.15) is 5.82 Å². The Morgan fingerprint density at radius 3 is 2.67 bits per heavy atom. The second kappa shape index (κ2) is 5.97. The molecule has 1 saturated carbocycles. The molecule has 0 saturated heterocycles. The SMILES string of the molecule is COc1cc(Br)cc(-c2cn[nH]c2N)c1OC1CCCC1. The van der Waals surface area contributed by atoms with Crippen molar-refractivity contribution in [1.82, 2.24) is 10.2 Å². The fraction of sp³-hybridized carbons (Fsp3) is 0.400. The van der Waals surface area contributed by atoms with E-state index in [2.05, 4.69) is 26.1 Å². The molecule has 21 heavy (non-hydrogen) atoms. The van der Waals surface area contributed by atoms with Gasteiger partial charge in [0.2, 0.25) is 0 Å². The third-order valence-corrected chi connectivity index (χ3v) is 4.24. The Kier molecular flexibility index (Phi) is 4.05. The Hall–Kier alpha value is -1.69. The number of anilines is 1. The van der Waals surface area contributed by atoms with Crippen LogP contribution in [0.15, 0.2) is 22.8 Å². The van der Waals surface area contributed by atoms with E-state index in [9.17, 15) is 0 Å². The molecule has 1 aliphatic rings. The summed E-state index contributed by atoms with van der Waals surface area (Å²) in [5, 5.41) is 6.76. The number of ether oxygens (including phenoxy) is 2. The fourth-order valence-electron chi connectivity index (χ4n) is 2.73. The Balaban J connectivity index is 2.07. The second-order valence-electron chi connectivity index (χ2n) is 5.21. The quantitative estimate of drug-likeness (QED) is 0.879. The van der Waals surface area contributed by atoms with Crippen molar-refractivity contribution in [3.8, 4) is 22.6 Å². The van der Waals surface area contributed by atoms with Crippen LogP contribution in [0.3, 0.4) is 0 Å². The molecule has 6 heteroatoms. The summed E-state index contributed by atoms with van der Waals surface area (Å²) < 4.78 is 12.6. The molecule has 3 N–H and O–H groups in total. The third kappa shape index (κ3) is 2.85. The summed E-state index contributed by atoms with van der Waals surface area (Å²) in [6.45, 7) is 0. The van der Waals surface area contributed by atoms with E-state index in [4.69, 9.17) is 15.2 Å². The van der Waals surface area contributed by atoms with E-state index < -0.39 is 0 Å². The van der Waals surface area contributed by atoms with Gasteiger partial charge < -0.3 is 15.2 Å². The van der Waals surface area contributed by atoms with Gasteiger partial charge in [-0.2, -0.15) is 5.10 Å². The lowest BCUT2D eigenvalue weighted by Crippen LogP contribution is -2.12. The van der Waals surface area contributed by atoms with Crippen LogP contribution in [0.5, 0.6) is 11.5 Å². The number of hydrogen-bond acceptors (Lipinski definition) is 4. The number of nitrogens with zero attached hydrogens (tertiary/aromatic N) is 1. The molecule has 0 amide bonds. The number of nitrogen functional groups attached to an aromatic ring is 1. The van der Waals surface area contributed by atoms with Crippen LogP contribution in [0.2, 0.25) is 0 Å². The molecule has 1 aliphatic carbocycles. The number of aromatic amines is 1. The van der Waals surface area contributed by atoms with Crippen LogP contribution in [-0.4, -0.2) is 23.4 Å². The Bertz CT molecular complexity index is 636. The lowest BCUT2D eigenvalue weighted by Gasteiger charge is -2.19. The molecule has 0 atom stereocenters. The molecule has 1 fully saturated rings. The molecule has 0 spiro atoms. The molecule has 2 aromatic rings. The van der Waals surface area contributed by atoms with Gasteiger partial charge in [-0.1, -0.05) is 15.9 Å². The highest BCUT2D eigenvalue weighted by Crippen LogP contribution is 2.43. The average Bonchev–Trinajstić information content (AvgIpc) is 3.11. The second-order valence-corrected chi connectivity index (χ2v) is 6.12. The summed E-state index contributed by atoms with van der Waals surface area (Å²) >= 11 is 3.50. The van der Waals surface area contributed by atoms with E-state index in [1.54, 1.807) is 13.3 Å². The number of H-pyrrole nitrogens is 1. The Morgan fingerprint density at radius 2 is 2.05 bits per heavy atom. The summed E-state index contributed by atoms with van der Waals surface area (Å²) in [6.07, 6.45) is 6.54. The van der Waals surface area contributed by atoms with Crippen LogP contribution in [-0.2, 0) is 0 Å². The van der Waals surface area contributed by atoms with E-state index in [-0.39, 0.29) is 6.10 Å². The summed E-state index contributed by atoms with van der Waals surface area (Å²) in [6, 6.07) is 3.89. The zero-order valence-corrected chi connectivity index (χ0v) is 13.4. The van der Waals surface area contributed by atoms with E-state index in [0.29, 0.717) is 11.6 Å². The molecule has 3 rings (SSSR count). The number of hydrogen-bond donors (Lipinski definition) is 2. The molecule has 0 unspecified atom stereocenters. The maximum Gasteiger partial charge on any atom is 0.169 e. The first-order valence-electron chi connectivity index (χ1n) is 7.02. The number of nitrogens with two attached hydrogens (primary N) is 1. The predicted octanol–water partition coefficient (Wildman–Crippen LogP) is 3.75. The highest BCUT2D eigenvalue weighted by Gasteiger charge is 2.23. The number of halogens is 1. The maximum absolute atomic E-state index is 6.22. The van der Waals surface area contributed by atoms with Crippen LogP contribution in [0, 0.1) is 0 Å². The van der Waals surface area contributed by atoms with E-state index in [1.165, 1.54) is 12.8 Å². The molecular weight excluding hydrogens is 334 g/mol. The lowest BCUT2D eigenvalue weighted by atomic mass is 10.1. The van der Waals surface area contributed by atoms with E-state index in [1.807, 2.05) is 12.1 Å². The maximum atomic E-state index is 6.22. The largest absolute Gasteiger partial charge is 0.493 e. The van der Waals surface area contributed by atoms with Crippen LogP contribution in [0.1, 0.15) is 25.7 Å². The third-order valence-electron chi connectivity index (χ3n) is 3.79. The van der Waals surface area contributed by atoms with Crippen molar-refractivity contribution in [2.75, 3.05) is 12.8 Å². The summed E-state index contributed by atoms with van der Waals surface area (Å²) in [5.41, 5.74) is 7.67. The molecule has 1 aromatic heterocycles. The first-order valence-corrected chi connectivity index (χ1v) is 7.81. The zero-order chi connectivity index (χ0) is 14.8. The smallest absolute Gasteiger partial charge is 0.169 e. The van der Waals surface area contributed by atoms with Crippen LogP contribution < -0.4 is 15.2 Å². The first kappa shape index (κ1) is 14.3. The van der Waals surface area contributed by atoms with Crippen molar-refractivity contribution in [2.45, 2.75) is 31.8 Å². The van der Waals surface area contributed by atoms with Gasteiger partial charge in [0.25, 0.3) is 0 Å². The first-order chi connectivity index (χ1) is 10.2.